The molecule has 0 atom stereocenters. The Morgan fingerprint density at radius 1 is 1.27 bits per heavy atom. The van der Waals surface area contributed by atoms with Crippen LogP contribution in [0.1, 0.15) is 52.4 Å². The molecule has 66 valence electrons. The van der Waals surface area contributed by atoms with Crippen LogP contribution in [0.25, 0.3) is 0 Å². The van der Waals surface area contributed by atoms with Crippen LogP contribution in [0.15, 0.2) is 0 Å². The predicted molar refractivity (Wildman–Crippen MR) is 47.5 cm³/mol. The third kappa shape index (κ3) is 2.19. The Kier molecular flexibility index (Phi) is 2.94. The fourth-order valence-corrected chi connectivity index (χ4v) is 1.98. The standard InChI is InChI=1S/C10H20O/c1-3-9-5-7-10(11,4-2)8-6-9/h9,11H,3-8H2,1-2H3. The number of hydrogen-bond acceptors (Lipinski definition) is 1. The summed E-state index contributed by atoms with van der Waals surface area (Å²) in [6.07, 6.45) is 6.76. The molecule has 0 bridgehead atoms. The molecular weight excluding hydrogens is 136 g/mol. The van der Waals surface area contributed by atoms with E-state index in [4.69, 9.17) is 0 Å². The smallest absolute Gasteiger partial charge is 0.0645 e. The fraction of sp³-hybridized carbons (Fsp3) is 1.00. The highest BCUT2D eigenvalue weighted by Gasteiger charge is 2.30. The summed E-state index contributed by atoms with van der Waals surface area (Å²) in [6, 6.07) is 0. The van der Waals surface area contributed by atoms with E-state index in [0.717, 1.165) is 25.2 Å². The van der Waals surface area contributed by atoms with E-state index in [9.17, 15) is 5.11 Å². The maximum atomic E-state index is 9.89. The molecule has 0 radical (unpaired) electrons. The van der Waals surface area contributed by atoms with E-state index in [1.807, 2.05) is 0 Å². The molecule has 1 rings (SSSR count). The van der Waals surface area contributed by atoms with Crippen LogP contribution in [0.2, 0.25) is 0 Å². The zero-order valence-electron chi connectivity index (χ0n) is 7.77. The minimum absolute atomic E-state index is 0.300. The van der Waals surface area contributed by atoms with Gasteiger partial charge in [-0.25, -0.2) is 0 Å². The Hall–Kier alpha value is -0.0400. The van der Waals surface area contributed by atoms with Gasteiger partial charge in [0.1, 0.15) is 0 Å². The van der Waals surface area contributed by atoms with Gasteiger partial charge in [0.2, 0.25) is 0 Å². The van der Waals surface area contributed by atoms with Crippen molar-refractivity contribution in [3.05, 3.63) is 0 Å². The quantitative estimate of drug-likeness (QED) is 0.651. The molecule has 1 nitrogen and oxygen atoms in total. The molecule has 0 unspecified atom stereocenters. The van der Waals surface area contributed by atoms with Crippen molar-refractivity contribution in [2.75, 3.05) is 0 Å². The molecule has 1 aliphatic carbocycles. The average molecular weight is 156 g/mol. The first kappa shape index (κ1) is 9.05. The molecule has 1 heteroatoms. The zero-order chi connectivity index (χ0) is 8.32. The summed E-state index contributed by atoms with van der Waals surface area (Å²) in [5.74, 6) is 0.891. The Morgan fingerprint density at radius 3 is 2.18 bits per heavy atom. The monoisotopic (exact) mass is 156 g/mol. The van der Waals surface area contributed by atoms with Gasteiger partial charge in [0.05, 0.1) is 5.60 Å². The summed E-state index contributed by atoms with van der Waals surface area (Å²) in [5.41, 5.74) is -0.300. The van der Waals surface area contributed by atoms with Crippen LogP contribution in [-0.2, 0) is 0 Å². The van der Waals surface area contributed by atoms with E-state index in [1.54, 1.807) is 0 Å². The van der Waals surface area contributed by atoms with E-state index in [1.165, 1.54) is 19.3 Å². The zero-order valence-corrected chi connectivity index (χ0v) is 7.77. The first-order valence-electron chi connectivity index (χ1n) is 4.92. The molecule has 1 N–H and O–H groups in total. The summed E-state index contributed by atoms with van der Waals surface area (Å²) in [4.78, 5) is 0. The maximum absolute atomic E-state index is 9.89. The van der Waals surface area contributed by atoms with E-state index in [0.29, 0.717) is 0 Å². The van der Waals surface area contributed by atoms with Crippen molar-refractivity contribution in [3.8, 4) is 0 Å². The number of rotatable bonds is 2. The highest BCUT2D eigenvalue weighted by molar-refractivity contribution is 4.83. The normalized spacial score (nSPS) is 39.0. The maximum Gasteiger partial charge on any atom is 0.0645 e. The first-order chi connectivity index (χ1) is 5.20. The Balaban J connectivity index is 2.35. The van der Waals surface area contributed by atoms with Gasteiger partial charge in [-0.05, 0) is 38.0 Å². The molecule has 0 spiro atoms. The Labute approximate surface area is 69.8 Å². The van der Waals surface area contributed by atoms with E-state index in [-0.39, 0.29) is 5.60 Å². The lowest BCUT2D eigenvalue weighted by Gasteiger charge is -2.34. The van der Waals surface area contributed by atoms with Gasteiger partial charge in [0, 0.05) is 0 Å². The molecule has 0 aromatic rings. The molecule has 11 heavy (non-hydrogen) atoms. The van der Waals surface area contributed by atoms with Crippen molar-refractivity contribution in [2.45, 2.75) is 58.0 Å². The van der Waals surface area contributed by atoms with Crippen molar-refractivity contribution >= 4 is 0 Å². The molecule has 1 aliphatic rings. The highest BCUT2D eigenvalue weighted by Crippen LogP contribution is 2.35. The van der Waals surface area contributed by atoms with Gasteiger partial charge in [-0.15, -0.1) is 0 Å². The Morgan fingerprint density at radius 2 is 1.82 bits per heavy atom. The van der Waals surface area contributed by atoms with Gasteiger partial charge in [0.25, 0.3) is 0 Å². The molecule has 0 amide bonds. The van der Waals surface area contributed by atoms with Crippen LogP contribution >= 0.6 is 0 Å². The van der Waals surface area contributed by atoms with E-state index in [2.05, 4.69) is 13.8 Å². The van der Waals surface area contributed by atoms with Crippen molar-refractivity contribution < 1.29 is 5.11 Å². The molecule has 0 aromatic carbocycles. The summed E-state index contributed by atoms with van der Waals surface area (Å²) in [6.45, 7) is 4.34. The van der Waals surface area contributed by atoms with Crippen LogP contribution in [0.5, 0.6) is 0 Å². The second-order valence-corrected chi connectivity index (χ2v) is 3.93. The summed E-state index contributed by atoms with van der Waals surface area (Å²) >= 11 is 0. The van der Waals surface area contributed by atoms with Gasteiger partial charge in [-0.2, -0.15) is 0 Å². The largest absolute Gasteiger partial charge is 0.390 e. The first-order valence-corrected chi connectivity index (χ1v) is 4.92. The highest BCUT2D eigenvalue weighted by atomic mass is 16.3. The molecule has 0 aromatic heterocycles. The molecule has 0 aliphatic heterocycles. The van der Waals surface area contributed by atoms with Crippen LogP contribution in [0.4, 0.5) is 0 Å². The van der Waals surface area contributed by atoms with Gasteiger partial charge in [-0.1, -0.05) is 20.3 Å². The van der Waals surface area contributed by atoms with Gasteiger partial charge in [0.15, 0.2) is 0 Å². The van der Waals surface area contributed by atoms with E-state index >= 15 is 0 Å². The average Bonchev–Trinajstić information content (AvgIpc) is 2.06. The second-order valence-electron chi connectivity index (χ2n) is 3.93. The van der Waals surface area contributed by atoms with Crippen molar-refractivity contribution in [2.24, 2.45) is 5.92 Å². The van der Waals surface area contributed by atoms with E-state index < -0.39 is 0 Å². The summed E-state index contributed by atoms with van der Waals surface area (Å²) in [5, 5.41) is 9.89. The minimum atomic E-state index is -0.300. The Bertz CT molecular complexity index is 112. The molecular formula is C10H20O. The van der Waals surface area contributed by atoms with Gasteiger partial charge >= 0.3 is 0 Å². The third-order valence-corrected chi connectivity index (χ3v) is 3.27. The van der Waals surface area contributed by atoms with Crippen molar-refractivity contribution in [1.29, 1.82) is 0 Å². The lowest BCUT2D eigenvalue weighted by Crippen LogP contribution is -2.32. The van der Waals surface area contributed by atoms with Crippen LogP contribution in [0.3, 0.4) is 0 Å². The third-order valence-electron chi connectivity index (χ3n) is 3.27. The topological polar surface area (TPSA) is 20.2 Å². The predicted octanol–water partition coefficient (Wildman–Crippen LogP) is 2.73. The summed E-state index contributed by atoms with van der Waals surface area (Å²) in [7, 11) is 0. The van der Waals surface area contributed by atoms with Crippen LogP contribution in [-0.4, -0.2) is 10.7 Å². The lowest BCUT2D eigenvalue weighted by molar-refractivity contribution is -0.0128. The molecule has 1 saturated carbocycles. The second kappa shape index (κ2) is 3.57. The molecule has 0 heterocycles. The summed E-state index contributed by atoms with van der Waals surface area (Å²) < 4.78 is 0. The molecule has 1 fully saturated rings. The SMILES string of the molecule is CCC1CCC(O)(CC)CC1. The fourth-order valence-electron chi connectivity index (χ4n) is 1.98. The number of hydrogen-bond donors (Lipinski definition) is 1. The van der Waals surface area contributed by atoms with Crippen molar-refractivity contribution in [3.63, 3.8) is 0 Å². The van der Waals surface area contributed by atoms with Crippen LogP contribution < -0.4 is 0 Å². The van der Waals surface area contributed by atoms with Crippen LogP contribution in [0, 0.1) is 5.92 Å². The van der Waals surface area contributed by atoms with Gasteiger partial charge < -0.3 is 5.11 Å². The minimum Gasteiger partial charge on any atom is -0.390 e. The van der Waals surface area contributed by atoms with Gasteiger partial charge in [-0.3, -0.25) is 0 Å². The number of aliphatic hydroxyl groups is 1. The lowest BCUT2D eigenvalue weighted by atomic mass is 9.77. The molecule has 0 saturated heterocycles. The van der Waals surface area contributed by atoms with Crippen molar-refractivity contribution in [1.82, 2.24) is 0 Å².